The number of hydrogen-bond donors (Lipinski definition) is 1. The molecule has 2 heterocycles. The minimum Gasteiger partial charge on any atom is -0.380 e. The smallest absolute Gasteiger partial charge is 0.254 e. The number of carbonyl (C=O) groups is 2. The van der Waals surface area contributed by atoms with Crippen LogP contribution >= 0.6 is 0 Å². The van der Waals surface area contributed by atoms with E-state index in [1.807, 2.05) is 0 Å². The number of allylic oxidation sites excluding steroid dienone is 4. The topological polar surface area (TPSA) is 85.6 Å². The molecule has 1 aromatic rings. The number of alkyl halides is 1. The van der Waals surface area contributed by atoms with Crippen molar-refractivity contribution < 1.29 is 19.1 Å². The van der Waals surface area contributed by atoms with Gasteiger partial charge in [0.1, 0.15) is 17.0 Å². The first-order chi connectivity index (χ1) is 14.5. The third kappa shape index (κ3) is 3.17. The number of fused-ring (bicyclic) bond motifs is 1. The summed E-state index contributed by atoms with van der Waals surface area (Å²) in [5.41, 5.74) is 1.73. The maximum atomic E-state index is 13.9. The highest BCUT2D eigenvalue weighted by molar-refractivity contribution is 6.34. The van der Waals surface area contributed by atoms with E-state index in [2.05, 4.69) is 10.2 Å². The lowest BCUT2D eigenvalue weighted by Gasteiger charge is -2.35. The van der Waals surface area contributed by atoms with Crippen LogP contribution in [-0.4, -0.2) is 76.1 Å². The molecule has 0 radical (unpaired) electrons. The molecule has 2 fully saturated rings. The zero-order chi connectivity index (χ0) is 20.9. The van der Waals surface area contributed by atoms with E-state index in [9.17, 15) is 19.1 Å². The molecular weight excluding hydrogens is 387 g/mol. The third-order valence-electron chi connectivity index (χ3n) is 5.97. The summed E-state index contributed by atoms with van der Waals surface area (Å²) in [6.45, 7) is 1.72. The van der Waals surface area contributed by atoms with Gasteiger partial charge in [-0.25, -0.2) is 4.39 Å². The fourth-order valence-corrected chi connectivity index (χ4v) is 3.95. The zero-order valence-corrected chi connectivity index (χ0v) is 16.3. The van der Waals surface area contributed by atoms with Crippen molar-refractivity contribution in [3.8, 4) is 0 Å². The Balaban J connectivity index is 1.23. The van der Waals surface area contributed by atoms with Gasteiger partial charge in [-0.15, -0.1) is 5.10 Å². The summed E-state index contributed by atoms with van der Waals surface area (Å²) in [4.78, 5) is 28.4. The van der Waals surface area contributed by atoms with Gasteiger partial charge in [0.2, 0.25) is 0 Å². The van der Waals surface area contributed by atoms with Crippen molar-refractivity contribution in [3.05, 3.63) is 59.2 Å². The van der Waals surface area contributed by atoms with Crippen molar-refractivity contribution in [2.24, 2.45) is 10.2 Å². The number of hydrogen-bond acceptors (Lipinski definition) is 5. The van der Waals surface area contributed by atoms with Crippen LogP contribution in [0, 0.1) is 0 Å². The molecule has 0 bridgehead atoms. The molecule has 8 heteroatoms. The standard InChI is InChI=1S/C22H21FN4O3/c23-17-3-1-2-16-18(24-25-19(16)17)14-4-6-15(7-5-14)20(28)26-10-12-27(13-11-26)21(29)22(30)8-9-22/h1-7,17,30H,8-13H2. The summed E-state index contributed by atoms with van der Waals surface area (Å²) in [5, 5.41) is 18.1. The second-order valence-electron chi connectivity index (χ2n) is 7.99. The monoisotopic (exact) mass is 408 g/mol. The summed E-state index contributed by atoms with van der Waals surface area (Å²) in [6, 6.07) is 7.04. The number of aliphatic hydroxyl groups is 1. The summed E-state index contributed by atoms with van der Waals surface area (Å²) in [6.07, 6.45) is 4.67. The second-order valence-corrected chi connectivity index (χ2v) is 7.99. The van der Waals surface area contributed by atoms with Gasteiger partial charge in [0.05, 0.1) is 0 Å². The lowest BCUT2D eigenvalue weighted by molar-refractivity contribution is -0.143. The highest BCUT2D eigenvalue weighted by atomic mass is 19.1. The van der Waals surface area contributed by atoms with E-state index in [1.165, 1.54) is 6.08 Å². The molecule has 4 aliphatic rings. The van der Waals surface area contributed by atoms with Crippen LogP contribution in [0.15, 0.2) is 58.3 Å². The summed E-state index contributed by atoms with van der Waals surface area (Å²) >= 11 is 0. The van der Waals surface area contributed by atoms with Gasteiger partial charge in [0.15, 0.2) is 6.17 Å². The number of amides is 2. The number of benzene rings is 1. The second kappa shape index (κ2) is 6.98. The van der Waals surface area contributed by atoms with Gasteiger partial charge in [-0.3, -0.25) is 9.59 Å². The highest BCUT2D eigenvalue weighted by Gasteiger charge is 2.50. The Kier molecular flexibility index (Phi) is 4.39. The van der Waals surface area contributed by atoms with Gasteiger partial charge >= 0.3 is 0 Å². The van der Waals surface area contributed by atoms with Gasteiger partial charge in [-0.05, 0) is 31.1 Å². The average molecular weight is 408 g/mol. The van der Waals surface area contributed by atoms with Crippen molar-refractivity contribution in [2.75, 3.05) is 26.2 Å². The number of carbonyl (C=O) groups excluding carboxylic acids is 2. The van der Waals surface area contributed by atoms with E-state index in [4.69, 9.17) is 0 Å². The number of rotatable bonds is 3. The normalized spacial score (nSPS) is 24.1. The Morgan fingerprint density at radius 2 is 1.70 bits per heavy atom. The van der Waals surface area contributed by atoms with E-state index in [1.54, 1.807) is 46.2 Å². The van der Waals surface area contributed by atoms with E-state index in [0.717, 1.165) is 5.56 Å². The van der Waals surface area contributed by atoms with Crippen molar-refractivity contribution in [1.29, 1.82) is 0 Å². The van der Waals surface area contributed by atoms with Gasteiger partial charge < -0.3 is 14.9 Å². The van der Waals surface area contributed by atoms with Gasteiger partial charge in [-0.1, -0.05) is 24.3 Å². The van der Waals surface area contributed by atoms with Gasteiger partial charge in [-0.2, -0.15) is 5.10 Å². The van der Waals surface area contributed by atoms with Crippen LogP contribution in [0.5, 0.6) is 0 Å². The van der Waals surface area contributed by atoms with Crippen molar-refractivity contribution in [2.45, 2.75) is 24.6 Å². The van der Waals surface area contributed by atoms with Crippen LogP contribution in [0.3, 0.4) is 0 Å². The zero-order valence-electron chi connectivity index (χ0n) is 16.3. The quantitative estimate of drug-likeness (QED) is 0.822. The summed E-state index contributed by atoms with van der Waals surface area (Å²) in [7, 11) is 0. The van der Waals surface area contributed by atoms with Gasteiger partial charge in [0.25, 0.3) is 11.8 Å². The fraction of sp³-hybridized carbons (Fsp3) is 0.364. The Labute approximate surface area is 172 Å². The van der Waals surface area contributed by atoms with Crippen LogP contribution in [0.4, 0.5) is 4.39 Å². The third-order valence-corrected chi connectivity index (χ3v) is 5.97. The fourth-order valence-electron chi connectivity index (χ4n) is 3.95. The van der Waals surface area contributed by atoms with Crippen molar-refractivity contribution >= 4 is 23.2 Å². The first kappa shape index (κ1) is 18.9. The predicted octanol–water partition coefficient (Wildman–Crippen LogP) is 1.49. The predicted molar refractivity (Wildman–Crippen MR) is 109 cm³/mol. The van der Waals surface area contributed by atoms with E-state index in [-0.39, 0.29) is 11.8 Å². The molecule has 1 unspecified atom stereocenters. The molecule has 30 heavy (non-hydrogen) atoms. The number of halogens is 1. The number of piperazine rings is 1. The molecular formula is C22H21FN4O3. The molecule has 154 valence electrons. The lowest BCUT2D eigenvalue weighted by atomic mass is 9.93. The molecule has 0 spiro atoms. The first-order valence-electron chi connectivity index (χ1n) is 10.1. The van der Waals surface area contributed by atoms with Crippen LogP contribution in [-0.2, 0) is 4.79 Å². The Morgan fingerprint density at radius 1 is 1.03 bits per heavy atom. The van der Waals surface area contributed by atoms with Crippen LogP contribution in [0.2, 0.25) is 0 Å². The molecule has 2 aliphatic carbocycles. The Morgan fingerprint density at radius 3 is 2.37 bits per heavy atom. The molecule has 1 N–H and O–H groups in total. The Hall–Kier alpha value is -3.13. The van der Waals surface area contributed by atoms with Gasteiger partial charge in [0, 0.05) is 42.9 Å². The molecule has 1 saturated heterocycles. The Bertz CT molecular complexity index is 1030. The van der Waals surface area contributed by atoms with Crippen LogP contribution in [0.1, 0.15) is 28.8 Å². The molecule has 2 aliphatic heterocycles. The van der Waals surface area contributed by atoms with Crippen LogP contribution in [0.25, 0.3) is 0 Å². The van der Waals surface area contributed by atoms with Crippen molar-refractivity contribution in [3.63, 3.8) is 0 Å². The summed E-state index contributed by atoms with van der Waals surface area (Å²) in [5.74, 6) is -0.326. The lowest BCUT2D eigenvalue weighted by Crippen LogP contribution is -2.53. The highest BCUT2D eigenvalue weighted by Crippen LogP contribution is 2.37. The molecule has 1 saturated carbocycles. The molecule has 5 rings (SSSR count). The molecule has 1 atom stereocenters. The SMILES string of the molecule is O=C(c1ccc(C2=NN=C3C2=CC=CC3F)cc1)N1CCN(C(=O)C2(O)CC2)CC1. The van der Waals surface area contributed by atoms with E-state index >= 15 is 0 Å². The minimum absolute atomic E-state index is 0.104. The maximum Gasteiger partial charge on any atom is 0.254 e. The largest absolute Gasteiger partial charge is 0.380 e. The summed E-state index contributed by atoms with van der Waals surface area (Å²) < 4.78 is 13.9. The molecule has 0 aromatic heterocycles. The van der Waals surface area contributed by atoms with Crippen molar-refractivity contribution in [1.82, 2.24) is 9.80 Å². The average Bonchev–Trinajstić information content (AvgIpc) is 3.38. The molecule has 7 nitrogen and oxygen atoms in total. The van der Waals surface area contributed by atoms with Crippen LogP contribution < -0.4 is 0 Å². The number of nitrogens with zero attached hydrogens (tertiary/aromatic N) is 4. The first-order valence-corrected chi connectivity index (χ1v) is 10.1. The van der Waals surface area contributed by atoms with E-state index in [0.29, 0.717) is 61.6 Å². The maximum absolute atomic E-state index is 13.9. The molecule has 2 amide bonds. The molecule has 1 aromatic carbocycles. The van der Waals surface area contributed by atoms with E-state index < -0.39 is 11.8 Å². The minimum atomic E-state index is -1.25.